The average Bonchev–Trinajstić information content (AvgIpc) is 3.21. The molecule has 8 nitrogen and oxygen atoms in total. The summed E-state index contributed by atoms with van der Waals surface area (Å²) in [5, 5.41) is 5.20. The second-order valence-electron chi connectivity index (χ2n) is 8.67. The van der Waals surface area contributed by atoms with Crippen molar-refractivity contribution in [3.05, 3.63) is 105 Å². The van der Waals surface area contributed by atoms with Gasteiger partial charge in [0.2, 0.25) is 0 Å². The maximum atomic E-state index is 13.6. The Labute approximate surface area is 247 Å². The zero-order chi connectivity index (χ0) is 29.0. The third-order valence-electron chi connectivity index (χ3n) is 6.06. The number of benzene rings is 3. The van der Waals surface area contributed by atoms with Gasteiger partial charge in [-0.15, -0.1) is 0 Å². The third-order valence-corrected chi connectivity index (χ3v) is 8.88. The molecule has 0 saturated carbocycles. The molecule has 0 atom stereocenters. The molecule has 0 fully saturated rings. The Kier molecular flexibility index (Phi) is 9.10. The molecule has 3 aromatic carbocycles. The van der Waals surface area contributed by atoms with Gasteiger partial charge >= 0.3 is 0 Å². The number of amides is 1. The minimum atomic E-state index is -4.17. The van der Waals surface area contributed by atoms with E-state index >= 15 is 0 Å². The van der Waals surface area contributed by atoms with Crippen molar-refractivity contribution in [2.75, 3.05) is 18.0 Å². The molecule has 0 aliphatic carbocycles. The van der Waals surface area contributed by atoms with E-state index in [1.807, 2.05) is 30.5 Å². The molecule has 0 bridgehead atoms. The number of sulfonamides is 1. The third kappa shape index (κ3) is 6.13. The number of ether oxygens (including phenoxy) is 1. The Morgan fingerprint density at radius 2 is 1.75 bits per heavy atom. The van der Waals surface area contributed by atoms with Crippen LogP contribution in [0.5, 0.6) is 5.75 Å². The molecule has 0 aliphatic rings. The Balaban J connectivity index is 1.61. The molecule has 1 aromatic heterocycles. The lowest BCUT2D eigenvalue weighted by atomic mass is 10.2. The van der Waals surface area contributed by atoms with Gasteiger partial charge in [0.15, 0.2) is 0 Å². The maximum Gasteiger partial charge on any atom is 0.264 e. The van der Waals surface area contributed by atoms with Crippen LogP contribution in [0, 0.1) is 13.8 Å². The topological polar surface area (TPSA) is 93.0 Å². The van der Waals surface area contributed by atoms with Gasteiger partial charge in [0.25, 0.3) is 15.9 Å². The second kappa shape index (κ2) is 12.3. The summed E-state index contributed by atoms with van der Waals surface area (Å²) in [5.74, 6) is -0.447. The SMILES string of the molecule is COc1ccc(Cl)cc1N(CC(=O)N/N=C\c1cc(C)n(-c2cccc(Cl)c2Cl)c1C)S(=O)(=O)c1ccccc1. The molecular weight excluding hydrogens is 595 g/mol. The first-order valence-electron chi connectivity index (χ1n) is 11.9. The first-order valence-corrected chi connectivity index (χ1v) is 14.5. The van der Waals surface area contributed by atoms with Gasteiger partial charge in [-0.3, -0.25) is 9.10 Å². The Hall–Kier alpha value is -3.50. The molecule has 4 rings (SSSR count). The molecule has 0 radical (unpaired) electrons. The lowest BCUT2D eigenvalue weighted by Gasteiger charge is -2.25. The number of carbonyl (C=O) groups is 1. The highest BCUT2D eigenvalue weighted by molar-refractivity contribution is 7.92. The number of hydrogen-bond donors (Lipinski definition) is 1. The molecule has 208 valence electrons. The van der Waals surface area contributed by atoms with Crippen LogP contribution in [0.2, 0.25) is 15.1 Å². The van der Waals surface area contributed by atoms with Crippen molar-refractivity contribution < 1.29 is 17.9 Å². The van der Waals surface area contributed by atoms with E-state index < -0.39 is 22.5 Å². The van der Waals surface area contributed by atoms with Crippen molar-refractivity contribution in [1.82, 2.24) is 9.99 Å². The van der Waals surface area contributed by atoms with E-state index in [1.165, 1.54) is 37.6 Å². The molecule has 1 heterocycles. The van der Waals surface area contributed by atoms with E-state index in [-0.39, 0.29) is 21.4 Å². The fourth-order valence-corrected chi connectivity index (χ4v) is 6.16. The van der Waals surface area contributed by atoms with E-state index in [1.54, 1.807) is 36.4 Å². The summed E-state index contributed by atoms with van der Waals surface area (Å²) < 4.78 is 35.4. The normalized spacial score (nSPS) is 11.6. The van der Waals surface area contributed by atoms with Gasteiger partial charge in [-0.2, -0.15) is 5.10 Å². The summed E-state index contributed by atoms with van der Waals surface area (Å²) in [5.41, 5.74) is 5.66. The quantitative estimate of drug-likeness (QED) is 0.173. The highest BCUT2D eigenvalue weighted by Gasteiger charge is 2.29. The molecule has 1 N–H and O–H groups in total. The standard InChI is InChI=1S/C28H25Cl3N4O4S/c1-18-14-20(19(2)35(18)24-11-7-10-23(30)28(24)31)16-32-33-27(36)17-34(25-15-21(29)12-13-26(25)39-3)40(37,38)22-8-5-4-6-9-22/h4-16H,17H2,1-3H3,(H,33,36)/b32-16-. The fraction of sp³-hybridized carbons (Fsp3) is 0.143. The summed E-state index contributed by atoms with van der Waals surface area (Å²) in [4.78, 5) is 13.0. The molecular formula is C28H25Cl3N4O4S. The first-order chi connectivity index (χ1) is 19.0. The van der Waals surface area contributed by atoms with Crippen LogP contribution in [0.25, 0.3) is 5.69 Å². The summed E-state index contributed by atoms with van der Waals surface area (Å²) in [6.07, 6.45) is 1.48. The molecule has 40 heavy (non-hydrogen) atoms. The average molecular weight is 620 g/mol. The summed E-state index contributed by atoms with van der Waals surface area (Å²) in [7, 11) is -2.77. The largest absolute Gasteiger partial charge is 0.495 e. The molecule has 0 unspecified atom stereocenters. The molecule has 1 amide bonds. The van der Waals surface area contributed by atoms with Crippen molar-refractivity contribution in [2.45, 2.75) is 18.7 Å². The number of aryl methyl sites for hydroxylation is 1. The fourth-order valence-electron chi connectivity index (χ4n) is 4.17. The zero-order valence-electron chi connectivity index (χ0n) is 21.7. The Morgan fingerprint density at radius 1 is 1.02 bits per heavy atom. The van der Waals surface area contributed by atoms with Gasteiger partial charge in [0, 0.05) is 22.0 Å². The van der Waals surface area contributed by atoms with Gasteiger partial charge in [0.05, 0.1) is 39.6 Å². The summed E-state index contributed by atoms with van der Waals surface area (Å²) >= 11 is 18.8. The van der Waals surface area contributed by atoms with Crippen molar-refractivity contribution in [2.24, 2.45) is 5.10 Å². The molecule has 0 aliphatic heterocycles. The maximum absolute atomic E-state index is 13.6. The van der Waals surface area contributed by atoms with Crippen LogP contribution in [-0.4, -0.2) is 38.8 Å². The van der Waals surface area contributed by atoms with Crippen LogP contribution in [0.4, 0.5) is 5.69 Å². The Bertz CT molecular complexity index is 1690. The molecule has 12 heteroatoms. The Morgan fingerprint density at radius 3 is 2.45 bits per heavy atom. The highest BCUT2D eigenvalue weighted by Crippen LogP contribution is 2.35. The van der Waals surface area contributed by atoms with E-state index in [0.717, 1.165) is 21.3 Å². The van der Waals surface area contributed by atoms with Gasteiger partial charge in [-0.25, -0.2) is 13.8 Å². The number of carbonyl (C=O) groups excluding carboxylic acids is 1. The van der Waals surface area contributed by atoms with Crippen LogP contribution in [0.3, 0.4) is 0 Å². The minimum Gasteiger partial charge on any atom is -0.495 e. The number of hydrazone groups is 1. The summed E-state index contributed by atoms with van der Waals surface area (Å²) in [6.45, 7) is 3.21. The smallest absolute Gasteiger partial charge is 0.264 e. The van der Waals surface area contributed by atoms with E-state index in [2.05, 4.69) is 10.5 Å². The van der Waals surface area contributed by atoms with Crippen LogP contribution >= 0.6 is 34.8 Å². The van der Waals surface area contributed by atoms with Gasteiger partial charge in [0.1, 0.15) is 12.3 Å². The molecule has 0 saturated heterocycles. The predicted octanol–water partition coefficient (Wildman–Crippen LogP) is 6.41. The number of aromatic nitrogens is 1. The van der Waals surface area contributed by atoms with Gasteiger partial charge < -0.3 is 9.30 Å². The number of anilines is 1. The second-order valence-corrected chi connectivity index (χ2v) is 11.8. The van der Waals surface area contributed by atoms with Gasteiger partial charge in [-0.05, 0) is 62.4 Å². The number of nitrogens with zero attached hydrogens (tertiary/aromatic N) is 3. The van der Waals surface area contributed by atoms with Crippen LogP contribution in [0.15, 0.2) is 82.8 Å². The van der Waals surface area contributed by atoms with E-state index in [4.69, 9.17) is 39.5 Å². The van der Waals surface area contributed by atoms with E-state index in [9.17, 15) is 13.2 Å². The molecule has 0 spiro atoms. The lowest BCUT2D eigenvalue weighted by molar-refractivity contribution is -0.119. The minimum absolute atomic E-state index is 0.000413. The van der Waals surface area contributed by atoms with Crippen molar-refractivity contribution >= 4 is 62.6 Å². The number of halogens is 3. The number of rotatable bonds is 9. The lowest BCUT2D eigenvalue weighted by Crippen LogP contribution is -2.39. The van der Waals surface area contributed by atoms with Crippen molar-refractivity contribution in [3.63, 3.8) is 0 Å². The van der Waals surface area contributed by atoms with Crippen LogP contribution in [-0.2, 0) is 14.8 Å². The predicted molar refractivity (Wildman–Crippen MR) is 160 cm³/mol. The first kappa shape index (κ1) is 29.5. The van der Waals surface area contributed by atoms with Gasteiger partial charge in [-0.1, -0.05) is 59.1 Å². The number of nitrogens with one attached hydrogen (secondary N) is 1. The number of methoxy groups -OCH3 is 1. The zero-order valence-corrected chi connectivity index (χ0v) is 24.8. The number of hydrogen-bond acceptors (Lipinski definition) is 5. The van der Waals surface area contributed by atoms with Crippen molar-refractivity contribution in [1.29, 1.82) is 0 Å². The van der Waals surface area contributed by atoms with Crippen LogP contribution in [0.1, 0.15) is 17.0 Å². The molecule has 4 aromatic rings. The van der Waals surface area contributed by atoms with Crippen molar-refractivity contribution in [3.8, 4) is 11.4 Å². The summed E-state index contributed by atoms with van der Waals surface area (Å²) in [6, 6.07) is 19.5. The highest BCUT2D eigenvalue weighted by atomic mass is 35.5. The van der Waals surface area contributed by atoms with E-state index in [0.29, 0.717) is 15.7 Å². The monoisotopic (exact) mass is 618 g/mol. The van der Waals surface area contributed by atoms with Crippen LogP contribution < -0.4 is 14.5 Å².